The second-order valence-corrected chi connectivity index (χ2v) is 5.55. The highest BCUT2D eigenvalue weighted by Crippen LogP contribution is 2.23. The molecule has 1 aromatic heterocycles. The molecule has 0 saturated carbocycles. The van der Waals surface area contributed by atoms with Gasteiger partial charge in [-0.15, -0.1) is 0 Å². The summed E-state index contributed by atoms with van der Waals surface area (Å²) in [4.78, 5) is 34.7. The number of nitrogens with one attached hydrogen (secondary N) is 1. The van der Waals surface area contributed by atoms with Crippen molar-refractivity contribution in [2.24, 2.45) is 0 Å². The van der Waals surface area contributed by atoms with Crippen molar-refractivity contribution in [3.8, 4) is 5.75 Å². The molecule has 25 heavy (non-hydrogen) atoms. The molecular weight excluding hydrogens is 322 g/mol. The van der Waals surface area contributed by atoms with E-state index >= 15 is 0 Å². The van der Waals surface area contributed by atoms with Gasteiger partial charge in [-0.2, -0.15) is 0 Å². The van der Waals surface area contributed by atoms with Crippen molar-refractivity contribution in [3.05, 3.63) is 70.1 Å². The molecule has 0 saturated heterocycles. The SMILES string of the molecule is CC(=O)Nc1ccc(C(=O)Oc2ccc3c(C)cc(=O)oc3c2)cc1. The predicted molar refractivity (Wildman–Crippen MR) is 92.9 cm³/mol. The topological polar surface area (TPSA) is 85.6 Å². The summed E-state index contributed by atoms with van der Waals surface area (Å²) in [6.45, 7) is 3.21. The van der Waals surface area contributed by atoms with Crippen molar-refractivity contribution in [1.82, 2.24) is 0 Å². The molecule has 3 rings (SSSR count). The van der Waals surface area contributed by atoms with Crippen LogP contribution in [0.15, 0.2) is 57.7 Å². The minimum Gasteiger partial charge on any atom is -0.423 e. The second-order valence-electron chi connectivity index (χ2n) is 5.55. The Labute approximate surface area is 143 Å². The Morgan fingerprint density at radius 2 is 1.76 bits per heavy atom. The monoisotopic (exact) mass is 337 g/mol. The summed E-state index contributed by atoms with van der Waals surface area (Å²) >= 11 is 0. The molecular formula is C19H15NO5. The van der Waals surface area contributed by atoms with Crippen LogP contribution in [0.2, 0.25) is 0 Å². The van der Waals surface area contributed by atoms with Crippen LogP contribution >= 0.6 is 0 Å². The first-order chi connectivity index (χ1) is 11.9. The van der Waals surface area contributed by atoms with Gasteiger partial charge in [-0.3, -0.25) is 4.79 Å². The number of ether oxygens (including phenoxy) is 1. The van der Waals surface area contributed by atoms with Crippen LogP contribution in [-0.4, -0.2) is 11.9 Å². The first-order valence-corrected chi connectivity index (χ1v) is 7.57. The van der Waals surface area contributed by atoms with Crippen LogP contribution in [0.25, 0.3) is 11.0 Å². The number of esters is 1. The summed E-state index contributed by atoms with van der Waals surface area (Å²) in [5, 5.41) is 3.40. The molecule has 0 bridgehead atoms. The van der Waals surface area contributed by atoms with E-state index in [2.05, 4.69) is 5.32 Å². The van der Waals surface area contributed by atoms with Crippen molar-refractivity contribution >= 4 is 28.5 Å². The lowest BCUT2D eigenvalue weighted by Gasteiger charge is -2.07. The summed E-state index contributed by atoms with van der Waals surface area (Å²) in [6.07, 6.45) is 0. The van der Waals surface area contributed by atoms with Crippen molar-refractivity contribution < 1.29 is 18.7 Å². The summed E-state index contributed by atoms with van der Waals surface area (Å²) < 4.78 is 10.5. The van der Waals surface area contributed by atoms with Crippen LogP contribution < -0.4 is 15.7 Å². The highest BCUT2D eigenvalue weighted by Gasteiger charge is 2.11. The zero-order valence-corrected chi connectivity index (χ0v) is 13.7. The predicted octanol–water partition coefficient (Wildman–Crippen LogP) is 3.28. The van der Waals surface area contributed by atoms with Crippen LogP contribution in [0.4, 0.5) is 5.69 Å². The molecule has 0 aliphatic carbocycles. The molecule has 0 spiro atoms. The molecule has 0 fully saturated rings. The maximum Gasteiger partial charge on any atom is 0.343 e. The van der Waals surface area contributed by atoms with E-state index in [0.29, 0.717) is 16.8 Å². The summed E-state index contributed by atoms with van der Waals surface area (Å²) in [5.41, 5.74) is 1.61. The standard InChI is InChI=1S/C19H15NO5/c1-11-9-18(22)25-17-10-15(7-8-16(11)17)24-19(23)13-3-5-14(6-4-13)20-12(2)21/h3-10H,1-2H3,(H,20,21). The highest BCUT2D eigenvalue weighted by atomic mass is 16.5. The summed E-state index contributed by atoms with van der Waals surface area (Å²) in [7, 11) is 0. The highest BCUT2D eigenvalue weighted by molar-refractivity contribution is 5.93. The Balaban J connectivity index is 1.82. The summed E-state index contributed by atoms with van der Waals surface area (Å²) in [6, 6.07) is 12.6. The van der Waals surface area contributed by atoms with Crippen LogP contribution in [-0.2, 0) is 4.79 Å². The Bertz CT molecular complexity index is 1020. The van der Waals surface area contributed by atoms with Crippen LogP contribution in [0.1, 0.15) is 22.8 Å². The fraction of sp³-hybridized carbons (Fsp3) is 0.105. The maximum absolute atomic E-state index is 12.2. The molecule has 0 atom stereocenters. The van der Waals surface area contributed by atoms with Crippen LogP contribution in [0.5, 0.6) is 5.75 Å². The van der Waals surface area contributed by atoms with Crippen LogP contribution in [0, 0.1) is 6.92 Å². The Kier molecular flexibility index (Phi) is 4.35. The van der Waals surface area contributed by atoms with E-state index in [4.69, 9.17) is 9.15 Å². The third-order valence-electron chi connectivity index (χ3n) is 3.57. The van der Waals surface area contributed by atoms with Gasteiger partial charge in [-0.25, -0.2) is 9.59 Å². The van der Waals surface area contributed by atoms with Gasteiger partial charge < -0.3 is 14.5 Å². The van der Waals surface area contributed by atoms with Crippen LogP contribution in [0.3, 0.4) is 0 Å². The number of rotatable bonds is 3. The average molecular weight is 337 g/mol. The fourth-order valence-electron chi connectivity index (χ4n) is 2.43. The van der Waals surface area contributed by atoms with E-state index < -0.39 is 11.6 Å². The molecule has 0 radical (unpaired) electrons. The number of hydrogen-bond donors (Lipinski definition) is 1. The molecule has 0 unspecified atom stereocenters. The molecule has 6 nitrogen and oxygen atoms in total. The van der Waals surface area contributed by atoms with Crippen molar-refractivity contribution in [1.29, 1.82) is 0 Å². The maximum atomic E-state index is 12.2. The average Bonchev–Trinajstić information content (AvgIpc) is 2.54. The second kappa shape index (κ2) is 6.60. The number of hydrogen-bond acceptors (Lipinski definition) is 5. The zero-order valence-electron chi connectivity index (χ0n) is 13.7. The number of carbonyl (C=O) groups excluding carboxylic acids is 2. The van der Waals surface area contributed by atoms with Gasteiger partial charge in [0.2, 0.25) is 5.91 Å². The summed E-state index contributed by atoms with van der Waals surface area (Å²) in [5.74, 6) is -0.468. The fourth-order valence-corrected chi connectivity index (χ4v) is 2.43. The van der Waals surface area contributed by atoms with E-state index in [9.17, 15) is 14.4 Å². The van der Waals surface area contributed by atoms with E-state index in [1.54, 1.807) is 36.4 Å². The van der Waals surface area contributed by atoms with Gasteiger partial charge in [0.25, 0.3) is 0 Å². The number of carbonyl (C=O) groups is 2. The van der Waals surface area contributed by atoms with Gasteiger partial charge in [-0.1, -0.05) is 0 Å². The van der Waals surface area contributed by atoms with Crippen molar-refractivity contribution in [2.75, 3.05) is 5.32 Å². The molecule has 1 N–H and O–H groups in total. The van der Waals surface area contributed by atoms with Crippen molar-refractivity contribution in [2.45, 2.75) is 13.8 Å². The quantitative estimate of drug-likeness (QED) is 0.450. The normalized spacial score (nSPS) is 10.5. The lowest BCUT2D eigenvalue weighted by molar-refractivity contribution is -0.114. The lowest BCUT2D eigenvalue weighted by Crippen LogP contribution is -2.09. The zero-order chi connectivity index (χ0) is 18.0. The molecule has 1 heterocycles. The molecule has 2 aromatic carbocycles. The van der Waals surface area contributed by atoms with E-state index in [-0.39, 0.29) is 11.7 Å². The van der Waals surface area contributed by atoms with E-state index in [1.807, 2.05) is 6.92 Å². The minimum absolute atomic E-state index is 0.191. The number of amides is 1. The van der Waals surface area contributed by atoms with Gasteiger partial charge >= 0.3 is 11.6 Å². The third-order valence-corrected chi connectivity index (χ3v) is 3.57. The largest absolute Gasteiger partial charge is 0.423 e. The first kappa shape index (κ1) is 16.4. The Hall–Kier alpha value is -3.41. The molecule has 126 valence electrons. The number of aryl methyl sites for hydroxylation is 1. The smallest absolute Gasteiger partial charge is 0.343 e. The number of anilines is 1. The molecule has 3 aromatic rings. The molecule has 0 aliphatic heterocycles. The molecule has 1 amide bonds. The molecule has 6 heteroatoms. The van der Waals surface area contributed by atoms with Gasteiger partial charge in [0.1, 0.15) is 11.3 Å². The number of fused-ring (bicyclic) bond motifs is 1. The van der Waals surface area contributed by atoms with Gasteiger partial charge in [-0.05, 0) is 48.9 Å². The van der Waals surface area contributed by atoms with Crippen molar-refractivity contribution in [3.63, 3.8) is 0 Å². The first-order valence-electron chi connectivity index (χ1n) is 7.57. The third kappa shape index (κ3) is 3.74. The van der Waals surface area contributed by atoms with Gasteiger partial charge in [0.15, 0.2) is 0 Å². The van der Waals surface area contributed by atoms with E-state index in [1.165, 1.54) is 19.1 Å². The minimum atomic E-state index is -0.552. The van der Waals surface area contributed by atoms with Gasteiger partial charge in [0.05, 0.1) is 5.56 Å². The molecule has 0 aliphatic rings. The Morgan fingerprint density at radius 3 is 2.44 bits per heavy atom. The van der Waals surface area contributed by atoms with Gasteiger partial charge in [0, 0.05) is 30.1 Å². The Morgan fingerprint density at radius 1 is 1.04 bits per heavy atom. The van der Waals surface area contributed by atoms with E-state index in [0.717, 1.165) is 10.9 Å². The lowest BCUT2D eigenvalue weighted by atomic mass is 10.1. The number of benzene rings is 2.